The van der Waals surface area contributed by atoms with Crippen LogP contribution in [0.4, 0.5) is 0 Å². The van der Waals surface area contributed by atoms with E-state index in [1.165, 1.54) is 6.92 Å². The molecule has 0 unspecified atom stereocenters. The minimum absolute atomic E-state index is 0.0611. The standard InChI is InChI=1S/C23H34N2O8/c1-5-17(6-2)32-20(28)10-9-19(27)30-13-18-14(3)21(31-15(4)26)23(33-18)25-11-7-8-16(12-25)22(24)29/h7,11-12,14,17-18,21,23H,5-6,8-10,13H2,1-4H3,(H2,24,29)/t14-,18-,21-,23-/m1/s1. The van der Waals surface area contributed by atoms with Crippen molar-refractivity contribution >= 4 is 23.8 Å². The molecule has 1 saturated heterocycles. The molecule has 1 amide bonds. The molecule has 2 rings (SSSR count). The van der Waals surface area contributed by atoms with Gasteiger partial charge in [-0.05, 0) is 19.3 Å². The van der Waals surface area contributed by atoms with Gasteiger partial charge >= 0.3 is 17.9 Å². The van der Waals surface area contributed by atoms with Crippen LogP contribution in [0.25, 0.3) is 0 Å². The summed E-state index contributed by atoms with van der Waals surface area (Å²) in [5.74, 6) is -2.31. The minimum atomic E-state index is -0.714. The van der Waals surface area contributed by atoms with Gasteiger partial charge in [-0.15, -0.1) is 0 Å². The third-order valence-electron chi connectivity index (χ3n) is 5.68. The molecule has 2 heterocycles. The largest absolute Gasteiger partial charge is 0.463 e. The van der Waals surface area contributed by atoms with Gasteiger partial charge in [0.2, 0.25) is 5.91 Å². The first-order valence-electron chi connectivity index (χ1n) is 11.3. The first-order valence-corrected chi connectivity index (χ1v) is 11.3. The van der Waals surface area contributed by atoms with Crippen molar-refractivity contribution in [2.24, 2.45) is 11.7 Å². The molecular formula is C23H34N2O8. The van der Waals surface area contributed by atoms with Crippen LogP contribution in [0, 0.1) is 5.92 Å². The van der Waals surface area contributed by atoms with Crippen molar-refractivity contribution in [3.8, 4) is 0 Å². The summed E-state index contributed by atoms with van der Waals surface area (Å²) < 4.78 is 22.1. The molecule has 0 bridgehead atoms. The Hall–Kier alpha value is -2.88. The topological polar surface area (TPSA) is 134 Å². The fourth-order valence-corrected chi connectivity index (χ4v) is 3.69. The number of ether oxygens (including phenoxy) is 4. The van der Waals surface area contributed by atoms with E-state index in [0.717, 1.165) is 12.8 Å². The Balaban J connectivity index is 1.94. The lowest BCUT2D eigenvalue weighted by atomic mass is 10.00. The van der Waals surface area contributed by atoms with Gasteiger partial charge in [-0.25, -0.2) is 0 Å². The van der Waals surface area contributed by atoms with Gasteiger partial charge in [0.05, 0.1) is 12.8 Å². The number of amides is 1. The highest BCUT2D eigenvalue weighted by Gasteiger charge is 2.47. The number of rotatable bonds is 11. The van der Waals surface area contributed by atoms with Crippen molar-refractivity contribution in [3.05, 3.63) is 24.0 Å². The maximum atomic E-state index is 12.1. The second kappa shape index (κ2) is 12.4. The van der Waals surface area contributed by atoms with E-state index in [2.05, 4.69) is 0 Å². The molecule has 184 valence electrons. The second-order valence-corrected chi connectivity index (χ2v) is 8.16. The van der Waals surface area contributed by atoms with E-state index < -0.39 is 42.3 Å². The van der Waals surface area contributed by atoms with Crippen LogP contribution in [0.15, 0.2) is 24.0 Å². The summed E-state index contributed by atoms with van der Waals surface area (Å²) in [6.07, 6.45) is 4.64. The number of carbonyl (C=O) groups excluding carboxylic acids is 4. The fourth-order valence-electron chi connectivity index (χ4n) is 3.69. The molecule has 2 aliphatic heterocycles. The van der Waals surface area contributed by atoms with E-state index in [4.69, 9.17) is 24.7 Å². The highest BCUT2D eigenvalue weighted by molar-refractivity contribution is 5.92. The van der Waals surface area contributed by atoms with E-state index in [9.17, 15) is 19.2 Å². The second-order valence-electron chi connectivity index (χ2n) is 8.16. The molecule has 10 nitrogen and oxygen atoms in total. The number of primary amides is 1. The lowest BCUT2D eigenvalue weighted by Gasteiger charge is -2.30. The molecule has 0 aliphatic carbocycles. The van der Waals surface area contributed by atoms with E-state index in [-0.39, 0.29) is 31.5 Å². The normalized spacial score (nSPS) is 24.4. The monoisotopic (exact) mass is 466 g/mol. The molecule has 0 aromatic rings. The zero-order valence-electron chi connectivity index (χ0n) is 19.7. The third kappa shape index (κ3) is 7.59. The van der Waals surface area contributed by atoms with Gasteiger partial charge in [0.1, 0.15) is 18.8 Å². The van der Waals surface area contributed by atoms with Gasteiger partial charge in [0.25, 0.3) is 0 Å². The number of allylic oxidation sites excluding steroid dienone is 1. The Morgan fingerprint density at radius 1 is 1.18 bits per heavy atom. The van der Waals surface area contributed by atoms with Crippen LogP contribution < -0.4 is 5.73 Å². The Bertz CT molecular complexity index is 789. The molecule has 4 atom stereocenters. The Labute approximate surface area is 194 Å². The molecule has 33 heavy (non-hydrogen) atoms. The lowest BCUT2D eigenvalue weighted by Crippen LogP contribution is -2.40. The number of hydrogen-bond acceptors (Lipinski definition) is 9. The first kappa shape index (κ1) is 26.4. The summed E-state index contributed by atoms with van der Waals surface area (Å²) in [4.78, 5) is 48.9. The number of esters is 3. The van der Waals surface area contributed by atoms with Crippen LogP contribution in [0.5, 0.6) is 0 Å². The minimum Gasteiger partial charge on any atom is -0.463 e. The molecular weight excluding hydrogens is 432 g/mol. The number of hydrogen-bond donors (Lipinski definition) is 1. The van der Waals surface area contributed by atoms with Gasteiger partial charge in [-0.2, -0.15) is 0 Å². The average Bonchev–Trinajstić information content (AvgIpc) is 3.09. The van der Waals surface area contributed by atoms with Crippen molar-refractivity contribution in [1.82, 2.24) is 4.90 Å². The number of nitrogens with zero attached hydrogens (tertiary/aromatic N) is 1. The third-order valence-corrected chi connectivity index (χ3v) is 5.68. The van der Waals surface area contributed by atoms with Gasteiger partial charge in [0.15, 0.2) is 12.3 Å². The van der Waals surface area contributed by atoms with Crippen LogP contribution in [-0.2, 0) is 38.1 Å². The molecule has 10 heteroatoms. The van der Waals surface area contributed by atoms with Crippen molar-refractivity contribution in [2.75, 3.05) is 6.61 Å². The Kier molecular flexibility index (Phi) is 9.90. The summed E-state index contributed by atoms with van der Waals surface area (Å²) in [6.45, 7) is 6.91. The Morgan fingerprint density at radius 2 is 1.85 bits per heavy atom. The van der Waals surface area contributed by atoms with Crippen LogP contribution in [-0.4, -0.2) is 59.9 Å². The predicted molar refractivity (Wildman–Crippen MR) is 117 cm³/mol. The van der Waals surface area contributed by atoms with Gasteiger partial charge < -0.3 is 29.6 Å². The Morgan fingerprint density at radius 3 is 2.45 bits per heavy atom. The van der Waals surface area contributed by atoms with Crippen LogP contribution >= 0.6 is 0 Å². The van der Waals surface area contributed by atoms with Crippen molar-refractivity contribution in [1.29, 1.82) is 0 Å². The molecule has 0 aromatic carbocycles. The van der Waals surface area contributed by atoms with Gasteiger partial charge in [0, 0.05) is 30.8 Å². The summed E-state index contributed by atoms with van der Waals surface area (Å²) in [6, 6.07) is 0. The molecule has 2 N–H and O–H groups in total. The van der Waals surface area contributed by atoms with E-state index in [1.807, 2.05) is 20.8 Å². The van der Waals surface area contributed by atoms with E-state index >= 15 is 0 Å². The summed E-state index contributed by atoms with van der Waals surface area (Å²) >= 11 is 0. The highest BCUT2D eigenvalue weighted by atomic mass is 16.6. The smallest absolute Gasteiger partial charge is 0.306 e. The zero-order valence-corrected chi connectivity index (χ0v) is 19.7. The van der Waals surface area contributed by atoms with Crippen molar-refractivity contribution in [2.45, 2.75) is 84.3 Å². The predicted octanol–water partition coefficient (Wildman–Crippen LogP) is 1.92. The van der Waals surface area contributed by atoms with Gasteiger partial charge in [-0.3, -0.25) is 19.2 Å². The van der Waals surface area contributed by atoms with E-state index in [0.29, 0.717) is 12.0 Å². The van der Waals surface area contributed by atoms with Crippen LogP contribution in [0.3, 0.4) is 0 Å². The lowest BCUT2D eigenvalue weighted by molar-refractivity contribution is -0.157. The summed E-state index contributed by atoms with van der Waals surface area (Å²) in [5.41, 5.74) is 5.78. The SMILES string of the molecule is CCC(CC)OC(=O)CCC(=O)OC[C@H]1O[C@@H](N2C=CCC(C(N)=O)=C2)[C@H](OC(C)=O)[C@@H]1C. The summed E-state index contributed by atoms with van der Waals surface area (Å²) in [7, 11) is 0. The molecule has 0 spiro atoms. The van der Waals surface area contributed by atoms with Gasteiger partial charge in [-0.1, -0.05) is 26.8 Å². The first-order chi connectivity index (χ1) is 15.7. The summed E-state index contributed by atoms with van der Waals surface area (Å²) in [5, 5.41) is 0. The number of nitrogens with two attached hydrogens (primary N) is 1. The highest BCUT2D eigenvalue weighted by Crippen LogP contribution is 2.33. The maximum absolute atomic E-state index is 12.1. The van der Waals surface area contributed by atoms with Crippen molar-refractivity contribution in [3.63, 3.8) is 0 Å². The quantitative estimate of drug-likeness (QED) is 0.358. The maximum Gasteiger partial charge on any atom is 0.306 e. The number of carbonyl (C=O) groups is 4. The van der Waals surface area contributed by atoms with Crippen LogP contribution in [0.1, 0.15) is 59.8 Å². The van der Waals surface area contributed by atoms with Crippen molar-refractivity contribution < 1.29 is 38.1 Å². The molecule has 1 fully saturated rings. The van der Waals surface area contributed by atoms with E-state index in [1.54, 1.807) is 23.4 Å². The molecule has 0 radical (unpaired) electrons. The average molecular weight is 467 g/mol. The fraction of sp³-hybridized carbons (Fsp3) is 0.652. The molecule has 0 aromatic heterocycles. The molecule has 2 aliphatic rings. The van der Waals surface area contributed by atoms with Crippen LogP contribution in [0.2, 0.25) is 0 Å². The zero-order chi connectivity index (χ0) is 24.5. The molecule has 0 saturated carbocycles.